The predicted octanol–water partition coefficient (Wildman–Crippen LogP) is 0.645. The SMILES string of the molecule is COC(=O)[C@@]1(CO)CCC(=O)N1OCc1ccccc1. The molecule has 1 amide bonds. The van der Waals surface area contributed by atoms with E-state index in [4.69, 9.17) is 4.84 Å². The van der Waals surface area contributed by atoms with Gasteiger partial charge in [-0.15, -0.1) is 0 Å². The molecule has 1 aromatic carbocycles. The summed E-state index contributed by atoms with van der Waals surface area (Å²) in [4.78, 5) is 29.2. The molecule has 0 radical (unpaired) electrons. The monoisotopic (exact) mass is 279 g/mol. The van der Waals surface area contributed by atoms with E-state index in [1.807, 2.05) is 30.3 Å². The van der Waals surface area contributed by atoms with Crippen molar-refractivity contribution in [3.8, 4) is 0 Å². The third-order valence-electron chi connectivity index (χ3n) is 3.40. The Balaban J connectivity index is 2.14. The van der Waals surface area contributed by atoms with Crippen LogP contribution >= 0.6 is 0 Å². The van der Waals surface area contributed by atoms with E-state index in [-0.39, 0.29) is 25.4 Å². The van der Waals surface area contributed by atoms with Gasteiger partial charge in [-0.2, -0.15) is 0 Å². The zero-order valence-corrected chi connectivity index (χ0v) is 11.2. The fourth-order valence-corrected chi connectivity index (χ4v) is 2.25. The lowest BCUT2D eigenvalue weighted by molar-refractivity contribution is -0.228. The summed E-state index contributed by atoms with van der Waals surface area (Å²) in [7, 11) is 1.22. The minimum atomic E-state index is -1.43. The van der Waals surface area contributed by atoms with Gasteiger partial charge in [0.2, 0.25) is 5.91 Å². The molecule has 1 aliphatic heterocycles. The fourth-order valence-electron chi connectivity index (χ4n) is 2.25. The molecule has 0 unspecified atom stereocenters. The Morgan fingerprint density at radius 3 is 2.70 bits per heavy atom. The van der Waals surface area contributed by atoms with Crippen molar-refractivity contribution < 1.29 is 24.3 Å². The average molecular weight is 279 g/mol. The summed E-state index contributed by atoms with van der Waals surface area (Å²) in [5, 5.41) is 10.5. The van der Waals surface area contributed by atoms with Gasteiger partial charge in [0.1, 0.15) is 6.61 Å². The van der Waals surface area contributed by atoms with Crippen molar-refractivity contribution in [2.24, 2.45) is 0 Å². The number of nitrogens with zero attached hydrogens (tertiary/aromatic N) is 1. The molecule has 1 aliphatic rings. The molecule has 20 heavy (non-hydrogen) atoms. The number of amides is 1. The Morgan fingerprint density at radius 1 is 1.40 bits per heavy atom. The van der Waals surface area contributed by atoms with Gasteiger partial charge in [-0.05, 0) is 12.0 Å². The number of esters is 1. The second-order valence-electron chi connectivity index (χ2n) is 4.63. The first kappa shape index (κ1) is 14.5. The average Bonchev–Trinajstić information content (AvgIpc) is 2.82. The molecule has 0 saturated carbocycles. The zero-order valence-electron chi connectivity index (χ0n) is 11.2. The highest BCUT2D eigenvalue weighted by Crippen LogP contribution is 2.32. The van der Waals surface area contributed by atoms with Crippen LogP contribution in [0.15, 0.2) is 30.3 Å². The molecule has 1 aromatic rings. The molecular weight excluding hydrogens is 262 g/mol. The minimum Gasteiger partial charge on any atom is -0.467 e. The largest absolute Gasteiger partial charge is 0.467 e. The second kappa shape index (κ2) is 6.02. The number of ether oxygens (including phenoxy) is 1. The molecule has 1 atom stereocenters. The van der Waals surface area contributed by atoms with Gasteiger partial charge in [0.25, 0.3) is 0 Å². The molecule has 1 fully saturated rings. The number of methoxy groups -OCH3 is 1. The van der Waals surface area contributed by atoms with Crippen LogP contribution in [0.3, 0.4) is 0 Å². The van der Waals surface area contributed by atoms with Crippen molar-refractivity contribution in [2.75, 3.05) is 13.7 Å². The van der Waals surface area contributed by atoms with Crippen LogP contribution in [0.1, 0.15) is 18.4 Å². The van der Waals surface area contributed by atoms with Crippen LogP contribution in [-0.4, -0.2) is 41.3 Å². The summed E-state index contributed by atoms with van der Waals surface area (Å²) in [6.45, 7) is -0.383. The van der Waals surface area contributed by atoms with Crippen molar-refractivity contribution in [2.45, 2.75) is 25.0 Å². The van der Waals surface area contributed by atoms with Crippen LogP contribution < -0.4 is 0 Å². The number of aliphatic hydroxyl groups is 1. The molecule has 6 nitrogen and oxygen atoms in total. The molecular formula is C14H17NO5. The topological polar surface area (TPSA) is 76.1 Å². The van der Waals surface area contributed by atoms with Crippen molar-refractivity contribution in [3.63, 3.8) is 0 Å². The Morgan fingerprint density at radius 2 is 2.10 bits per heavy atom. The molecule has 0 spiro atoms. The highest BCUT2D eigenvalue weighted by molar-refractivity contribution is 5.91. The van der Waals surface area contributed by atoms with Crippen LogP contribution in [0.2, 0.25) is 0 Å². The lowest BCUT2D eigenvalue weighted by Crippen LogP contribution is -2.55. The van der Waals surface area contributed by atoms with Gasteiger partial charge in [0.15, 0.2) is 5.54 Å². The minimum absolute atomic E-state index is 0.143. The second-order valence-corrected chi connectivity index (χ2v) is 4.63. The normalized spacial score (nSPS) is 22.1. The first-order chi connectivity index (χ1) is 9.64. The number of hydrogen-bond acceptors (Lipinski definition) is 5. The summed E-state index contributed by atoms with van der Waals surface area (Å²) in [5.41, 5.74) is -0.565. The van der Waals surface area contributed by atoms with Crippen LogP contribution in [0, 0.1) is 0 Å². The summed E-state index contributed by atoms with van der Waals surface area (Å²) < 4.78 is 4.69. The smallest absolute Gasteiger partial charge is 0.336 e. The van der Waals surface area contributed by atoms with Gasteiger partial charge in [-0.1, -0.05) is 30.3 Å². The van der Waals surface area contributed by atoms with Crippen molar-refractivity contribution in [1.29, 1.82) is 0 Å². The van der Waals surface area contributed by atoms with Gasteiger partial charge in [0.05, 0.1) is 13.7 Å². The highest BCUT2D eigenvalue weighted by atomic mass is 16.7. The quantitative estimate of drug-likeness (QED) is 0.801. The number of hydroxylamine groups is 2. The van der Waals surface area contributed by atoms with Gasteiger partial charge in [-0.3, -0.25) is 9.63 Å². The molecule has 1 N–H and O–H groups in total. The summed E-state index contributed by atoms with van der Waals surface area (Å²) in [6, 6.07) is 9.27. The van der Waals surface area contributed by atoms with Gasteiger partial charge in [-0.25, -0.2) is 9.86 Å². The highest BCUT2D eigenvalue weighted by Gasteiger charge is 2.53. The Hall–Kier alpha value is -1.92. The Labute approximate surface area is 116 Å². The maximum Gasteiger partial charge on any atom is 0.336 e. The lowest BCUT2D eigenvalue weighted by Gasteiger charge is -2.32. The van der Waals surface area contributed by atoms with E-state index in [2.05, 4.69) is 4.74 Å². The first-order valence-electron chi connectivity index (χ1n) is 6.33. The Kier molecular flexibility index (Phi) is 4.36. The number of hydrogen-bond donors (Lipinski definition) is 1. The molecule has 0 aliphatic carbocycles. The van der Waals surface area contributed by atoms with E-state index < -0.39 is 18.1 Å². The molecule has 6 heteroatoms. The number of aliphatic hydroxyl groups excluding tert-OH is 1. The van der Waals surface area contributed by atoms with Crippen LogP contribution in [0.4, 0.5) is 0 Å². The third-order valence-corrected chi connectivity index (χ3v) is 3.40. The summed E-state index contributed by atoms with van der Waals surface area (Å²) in [6.07, 6.45) is 0.328. The Bertz CT molecular complexity index is 490. The first-order valence-corrected chi connectivity index (χ1v) is 6.33. The fraction of sp³-hybridized carbons (Fsp3) is 0.429. The molecule has 108 valence electrons. The maximum absolute atomic E-state index is 11.9. The van der Waals surface area contributed by atoms with E-state index in [1.165, 1.54) is 7.11 Å². The summed E-state index contributed by atoms with van der Waals surface area (Å²) >= 11 is 0. The van der Waals surface area contributed by atoms with Crippen molar-refractivity contribution >= 4 is 11.9 Å². The number of rotatable bonds is 5. The maximum atomic E-state index is 11.9. The molecule has 1 heterocycles. The molecule has 1 saturated heterocycles. The van der Waals surface area contributed by atoms with Gasteiger partial charge < -0.3 is 9.84 Å². The van der Waals surface area contributed by atoms with E-state index in [1.54, 1.807) is 0 Å². The van der Waals surface area contributed by atoms with Crippen LogP contribution in [0.5, 0.6) is 0 Å². The zero-order chi connectivity index (χ0) is 14.6. The van der Waals surface area contributed by atoms with E-state index in [0.29, 0.717) is 0 Å². The van der Waals surface area contributed by atoms with E-state index in [9.17, 15) is 14.7 Å². The lowest BCUT2D eigenvalue weighted by atomic mass is 9.99. The summed E-state index contributed by atoms with van der Waals surface area (Å²) in [5.74, 6) is -1.00. The van der Waals surface area contributed by atoms with Crippen molar-refractivity contribution in [3.05, 3.63) is 35.9 Å². The van der Waals surface area contributed by atoms with Gasteiger partial charge >= 0.3 is 5.97 Å². The number of carbonyl (C=O) groups is 2. The third kappa shape index (κ3) is 2.52. The predicted molar refractivity (Wildman–Crippen MR) is 69.1 cm³/mol. The van der Waals surface area contributed by atoms with E-state index in [0.717, 1.165) is 10.6 Å². The number of benzene rings is 1. The van der Waals surface area contributed by atoms with E-state index >= 15 is 0 Å². The van der Waals surface area contributed by atoms with Crippen LogP contribution in [-0.2, 0) is 25.8 Å². The number of carbonyl (C=O) groups excluding carboxylic acids is 2. The van der Waals surface area contributed by atoms with Gasteiger partial charge in [0, 0.05) is 6.42 Å². The molecule has 2 rings (SSSR count). The standard InChI is InChI=1S/C14H17NO5/c1-19-13(18)14(10-16)8-7-12(17)15(14)20-9-11-5-3-2-4-6-11/h2-6,16H,7-10H2,1H3/t14-/m0/s1. The van der Waals surface area contributed by atoms with Crippen LogP contribution in [0.25, 0.3) is 0 Å². The van der Waals surface area contributed by atoms with Crippen molar-refractivity contribution in [1.82, 2.24) is 5.06 Å². The molecule has 0 bridgehead atoms. The molecule has 0 aromatic heterocycles.